The average Bonchev–Trinajstić information content (AvgIpc) is 2.88. The molecule has 112 valence electrons. The zero-order valence-electron chi connectivity index (χ0n) is 12.1. The molecule has 0 fully saturated rings. The van der Waals surface area contributed by atoms with Crippen LogP contribution in [0.5, 0.6) is 0 Å². The maximum absolute atomic E-state index is 12.0. The number of benzene rings is 1. The van der Waals surface area contributed by atoms with Crippen LogP contribution < -0.4 is 5.73 Å². The summed E-state index contributed by atoms with van der Waals surface area (Å²) < 4.78 is 6.03. The van der Waals surface area contributed by atoms with Gasteiger partial charge in [0.15, 0.2) is 0 Å². The summed E-state index contributed by atoms with van der Waals surface area (Å²) in [5.41, 5.74) is 7.70. The van der Waals surface area contributed by atoms with Gasteiger partial charge in [-0.25, -0.2) is 9.78 Å². The molecule has 0 radical (unpaired) electrons. The van der Waals surface area contributed by atoms with E-state index < -0.39 is 5.97 Å². The van der Waals surface area contributed by atoms with Crippen LogP contribution in [0.4, 0.5) is 5.69 Å². The van der Waals surface area contributed by atoms with Crippen molar-refractivity contribution in [3.05, 3.63) is 44.3 Å². The van der Waals surface area contributed by atoms with Gasteiger partial charge >= 0.3 is 5.97 Å². The molecule has 2 rings (SSSR count). The third-order valence-electron chi connectivity index (χ3n) is 2.88. The van der Waals surface area contributed by atoms with Gasteiger partial charge in [0.1, 0.15) is 11.6 Å². The lowest BCUT2D eigenvalue weighted by Gasteiger charge is -2.14. The second kappa shape index (κ2) is 6.15. The van der Waals surface area contributed by atoms with Crippen LogP contribution in [-0.4, -0.2) is 11.0 Å². The second-order valence-electron chi connectivity index (χ2n) is 5.69. The molecule has 6 heteroatoms. The smallest absolute Gasteiger partial charge is 0.338 e. The number of thiazole rings is 1. The van der Waals surface area contributed by atoms with E-state index in [0.717, 1.165) is 15.2 Å². The number of rotatable bonds is 3. The summed E-state index contributed by atoms with van der Waals surface area (Å²) in [5.74, 6) is -0.401. The normalized spacial score (nSPS) is 11.4. The summed E-state index contributed by atoms with van der Waals surface area (Å²) in [7, 11) is 0. The minimum Gasteiger partial charge on any atom is -0.455 e. The van der Waals surface area contributed by atoms with Gasteiger partial charge in [-0.3, -0.25) is 0 Å². The van der Waals surface area contributed by atoms with Crippen molar-refractivity contribution in [2.45, 2.75) is 32.8 Å². The van der Waals surface area contributed by atoms with Gasteiger partial charge in [-0.2, -0.15) is 0 Å². The van der Waals surface area contributed by atoms with Crippen molar-refractivity contribution >= 4 is 38.9 Å². The van der Waals surface area contributed by atoms with E-state index in [0.29, 0.717) is 11.3 Å². The first-order valence-corrected chi connectivity index (χ1v) is 8.11. The highest BCUT2D eigenvalue weighted by molar-refractivity contribution is 9.10. The predicted octanol–water partition coefficient (Wildman–Crippen LogP) is 4.14. The predicted molar refractivity (Wildman–Crippen MR) is 88.5 cm³/mol. The number of carbonyl (C=O) groups excluding carboxylic acids is 1. The van der Waals surface area contributed by atoms with Crippen molar-refractivity contribution in [2.24, 2.45) is 0 Å². The van der Waals surface area contributed by atoms with E-state index >= 15 is 0 Å². The minimum absolute atomic E-state index is 0.00107. The minimum atomic E-state index is -0.401. The van der Waals surface area contributed by atoms with Gasteiger partial charge in [0.25, 0.3) is 0 Å². The second-order valence-corrected chi connectivity index (χ2v) is 7.49. The SMILES string of the molecule is CC(C)(C)c1csc(COC(=O)c2ccc(Br)c(N)c2)n1. The molecule has 0 saturated heterocycles. The fraction of sp³-hybridized carbons (Fsp3) is 0.333. The molecule has 0 amide bonds. The maximum Gasteiger partial charge on any atom is 0.338 e. The monoisotopic (exact) mass is 368 g/mol. The highest BCUT2D eigenvalue weighted by Gasteiger charge is 2.18. The van der Waals surface area contributed by atoms with Gasteiger partial charge in [0.05, 0.1) is 11.3 Å². The summed E-state index contributed by atoms with van der Waals surface area (Å²) >= 11 is 4.79. The molecule has 1 aromatic heterocycles. The number of ether oxygens (including phenoxy) is 1. The van der Waals surface area contributed by atoms with Gasteiger partial charge in [0, 0.05) is 21.0 Å². The highest BCUT2D eigenvalue weighted by atomic mass is 79.9. The number of esters is 1. The quantitative estimate of drug-likeness (QED) is 0.652. The molecule has 0 aliphatic heterocycles. The Kier molecular flexibility index (Phi) is 4.68. The molecule has 2 N–H and O–H groups in total. The van der Waals surface area contributed by atoms with Crippen LogP contribution in [-0.2, 0) is 16.8 Å². The Balaban J connectivity index is 2.01. The van der Waals surface area contributed by atoms with Crippen LogP contribution in [0.15, 0.2) is 28.1 Å². The number of hydrogen-bond acceptors (Lipinski definition) is 5. The molecular formula is C15H17BrN2O2S. The summed E-state index contributed by atoms with van der Waals surface area (Å²) in [6.07, 6.45) is 0. The molecule has 0 saturated carbocycles. The molecule has 0 spiro atoms. The lowest BCUT2D eigenvalue weighted by Crippen LogP contribution is -2.12. The lowest BCUT2D eigenvalue weighted by molar-refractivity contribution is 0.0472. The van der Waals surface area contributed by atoms with Crippen LogP contribution in [0.25, 0.3) is 0 Å². The first-order chi connectivity index (χ1) is 9.77. The molecule has 0 bridgehead atoms. The number of hydrogen-bond donors (Lipinski definition) is 1. The third-order valence-corrected chi connectivity index (χ3v) is 4.42. The van der Waals surface area contributed by atoms with E-state index in [1.165, 1.54) is 11.3 Å². The Morgan fingerprint density at radius 3 is 2.71 bits per heavy atom. The molecule has 21 heavy (non-hydrogen) atoms. The molecule has 0 unspecified atom stereocenters. The molecule has 0 atom stereocenters. The van der Waals surface area contributed by atoms with Gasteiger partial charge in [-0.1, -0.05) is 20.8 Å². The van der Waals surface area contributed by atoms with Gasteiger partial charge in [0.2, 0.25) is 0 Å². The van der Waals surface area contributed by atoms with Gasteiger partial charge in [-0.05, 0) is 34.1 Å². The van der Waals surface area contributed by atoms with E-state index in [4.69, 9.17) is 10.5 Å². The van der Waals surface area contributed by atoms with Crippen LogP contribution in [0.1, 0.15) is 41.8 Å². The molecule has 1 heterocycles. The number of carbonyl (C=O) groups is 1. The van der Waals surface area contributed by atoms with Crippen molar-refractivity contribution in [1.29, 1.82) is 0 Å². The Morgan fingerprint density at radius 1 is 1.43 bits per heavy atom. The summed E-state index contributed by atoms with van der Waals surface area (Å²) in [6, 6.07) is 4.99. The summed E-state index contributed by atoms with van der Waals surface area (Å²) in [5, 5.41) is 2.79. The Morgan fingerprint density at radius 2 is 2.14 bits per heavy atom. The zero-order chi connectivity index (χ0) is 15.6. The van der Waals surface area contributed by atoms with E-state index in [1.54, 1.807) is 18.2 Å². The standard InChI is InChI=1S/C15H17BrN2O2S/c1-15(2,3)12-8-21-13(18-12)7-20-14(19)9-4-5-10(16)11(17)6-9/h4-6,8H,7,17H2,1-3H3. The first-order valence-electron chi connectivity index (χ1n) is 6.44. The van der Waals surface area contributed by atoms with Crippen LogP contribution in [0.3, 0.4) is 0 Å². The fourth-order valence-corrected chi connectivity index (χ4v) is 2.78. The van der Waals surface area contributed by atoms with Crippen molar-refractivity contribution in [3.63, 3.8) is 0 Å². The third kappa shape index (κ3) is 4.04. The van der Waals surface area contributed by atoms with Gasteiger partial charge < -0.3 is 10.5 Å². The summed E-state index contributed by atoms with van der Waals surface area (Å²) in [6.45, 7) is 6.48. The summed E-state index contributed by atoms with van der Waals surface area (Å²) in [4.78, 5) is 16.5. The first kappa shape index (κ1) is 16.0. The number of aromatic nitrogens is 1. The number of nitrogens with zero attached hydrogens (tertiary/aromatic N) is 1. The Labute approximate surface area is 136 Å². The average molecular weight is 369 g/mol. The van der Waals surface area contributed by atoms with Crippen molar-refractivity contribution < 1.29 is 9.53 Å². The lowest BCUT2D eigenvalue weighted by atomic mass is 9.93. The maximum atomic E-state index is 12.0. The molecule has 0 aliphatic rings. The van der Waals surface area contributed by atoms with Crippen LogP contribution in [0.2, 0.25) is 0 Å². The number of halogens is 1. The van der Waals surface area contributed by atoms with Crippen molar-refractivity contribution in [1.82, 2.24) is 4.98 Å². The highest BCUT2D eigenvalue weighted by Crippen LogP contribution is 2.25. The van der Waals surface area contributed by atoms with Crippen LogP contribution in [0, 0.1) is 0 Å². The van der Waals surface area contributed by atoms with Gasteiger partial charge in [-0.15, -0.1) is 11.3 Å². The van der Waals surface area contributed by atoms with E-state index in [1.807, 2.05) is 5.38 Å². The van der Waals surface area contributed by atoms with E-state index in [2.05, 4.69) is 41.7 Å². The molecule has 0 aliphatic carbocycles. The molecule has 4 nitrogen and oxygen atoms in total. The van der Waals surface area contributed by atoms with Crippen molar-refractivity contribution in [2.75, 3.05) is 5.73 Å². The zero-order valence-corrected chi connectivity index (χ0v) is 14.5. The largest absolute Gasteiger partial charge is 0.455 e. The molecular weight excluding hydrogens is 352 g/mol. The van der Waals surface area contributed by atoms with Crippen molar-refractivity contribution in [3.8, 4) is 0 Å². The molecule has 1 aromatic carbocycles. The van der Waals surface area contributed by atoms with E-state index in [9.17, 15) is 4.79 Å². The molecule has 2 aromatic rings. The Bertz CT molecular complexity index is 662. The number of anilines is 1. The van der Waals surface area contributed by atoms with E-state index in [-0.39, 0.29) is 12.0 Å². The topological polar surface area (TPSA) is 65.2 Å². The fourth-order valence-electron chi connectivity index (χ4n) is 1.60. The Hall–Kier alpha value is -1.40. The number of nitrogen functional groups attached to an aromatic ring is 1. The van der Waals surface area contributed by atoms with Crippen LogP contribution >= 0.6 is 27.3 Å². The number of nitrogens with two attached hydrogens (primary N) is 1.